The lowest BCUT2D eigenvalue weighted by atomic mass is 10.0. The van der Waals surface area contributed by atoms with E-state index in [0.717, 1.165) is 11.3 Å². The third-order valence-corrected chi connectivity index (χ3v) is 2.88. The maximum atomic E-state index is 11.5. The van der Waals surface area contributed by atoms with E-state index in [1.54, 1.807) is 24.7 Å². The number of carbonyl (C=O) groups excluding carboxylic acids is 1. The van der Waals surface area contributed by atoms with Gasteiger partial charge in [-0.2, -0.15) is 0 Å². The molecule has 0 N–H and O–H groups in total. The van der Waals surface area contributed by atoms with Gasteiger partial charge in [0, 0.05) is 18.2 Å². The SMILES string of the molecule is CC(=O)c1ccccc1-c1c(Br)nnn1C. The monoisotopic (exact) mass is 279 g/mol. The minimum atomic E-state index is 0.0312. The molecule has 2 rings (SSSR count). The molecule has 1 aromatic carbocycles. The Morgan fingerprint density at radius 1 is 1.38 bits per heavy atom. The molecule has 5 heteroatoms. The van der Waals surface area contributed by atoms with E-state index in [2.05, 4.69) is 26.2 Å². The highest BCUT2D eigenvalue weighted by molar-refractivity contribution is 9.10. The zero-order chi connectivity index (χ0) is 11.7. The van der Waals surface area contributed by atoms with Crippen molar-refractivity contribution in [3.8, 4) is 11.3 Å². The van der Waals surface area contributed by atoms with Crippen LogP contribution in [0.2, 0.25) is 0 Å². The summed E-state index contributed by atoms with van der Waals surface area (Å²) in [5.41, 5.74) is 2.33. The predicted molar refractivity (Wildman–Crippen MR) is 64.1 cm³/mol. The molecule has 0 aliphatic heterocycles. The van der Waals surface area contributed by atoms with Gasteiger partial charge in [0.2, 0.25) is 0 Å². The molecule has 16 heavy (non-hydrogen) atoms. The van der Waals surface area contributed by atoms with E-state index in [4.69, 9.17) is 0 Å². The second-order valence-electron chi connectivity index (χ2n) is 3.45. The first kappa shape index (κ1) is 11.0. The van der Waals surface area contributed by atoms with E-state index in [0.29, 0.717) is 10.2 Å². The number of nitrogens with zero attached hydrogens (tertiary/aromatic N) is 3. The fraction of sp³-hybridized carbons (Fsp3) is 0.182. The molecule has 1 heterocycles. The van der Waals surface area contributed by atoms with Crippen molar-refractivity contribution in [2.75, 3.05) is 0 Å². The number of benzene rings is 1. The number of halogens is 1. The molecule has 82 valence electrons. The smallest absolute Gasteiger partial charge is 0.160 e. The number of ketones is 1. The average Bonchev–Trinajstić information content (AvgIpc) is 2.58. The zero-order valence-electron chi connectivity index (χ0n) is 8.94. The van der Waals surface area contributed by atoms with Crippen LogP contribution in [0.15, 0.2) is 28.9 Å². The number of rotatable bonds is 2. The maximum Gasteiger partial charge on any atom is 0.160 e. The third kappa shape index (κ3) is 1.78. The molecule has 0 radical (unpaired) electrons. The highest BCUT2D eigenvalue weighted by atomic mass is 79.9. The first-order valence-electron chi connectivity index (χ1n) is 4.76. The van der Waals surface area contributed by atoms with Crippen LogP contribution in [-0.4, -0.2) is 20.8 Å². The quantitative estimate of drug-likeness (QED) is 0.794. The molecule has 0 saturated heterocycles. The Labute approximate surface area is 101 Å². The summed E-state index contributed by atoms with van der Waals surface area (Å²) in [5.74, 6) is 0.0312. The topological polar surface area (TPSA) is 47.8 Å². The van der Waals surface area contributed by atoms with E-state index >= 15 is 0 Å². The summed E-state index contributed by atoms with van der Waals surface area (Å²) < 4.78 is 2.29. The Kier molecular flexibility index (Phi) is 2.87. The summed E-state index contributed by atoms with van der Waals surface area (Å²) in [7, 11) is 1.80. The molecular weight excluding hydrogens is 270 g/mol. The highest BCUT2D eigenvalue weighted by Crippen LogP contribution is 2.28. The maximum absolute atomic E-state index is 11.5. The van der Waals surface area contributed by atoms with Crippen molar-refractivity contribution in [2.24, 2.45) is 7.05 Å². The molecule has 1 aromatic heterocycles. The minimum absolute atomic E-state index is 0.0312. The molecule has 0 bridgehead atoms. The van der Waals surface area contributed by atoms with Gasteiger partial charge in [-0.25, -0.2) is 4.68 Å². The predicted octanol–water partition coefficient (Wildman–Crippen LogP) is 2.45. The lowest BCUT2D eigenvalue weighted by molar-refractivity contribution is 0.101. The summed E-state index contributed by atoms with van der Waals surface area (Å²) in [4.78, 5) is 11.5. The summed E-state index contributed by atoms with van der Waals surface area (Å²) in [5, 5.41) is 7.81. The van der Waals surface area contributed by atoms with E-state index in [1.807, 2.05) is 18.2 Å². The van der Waals surface area contributed by atoms with Gasteiger partial charge in [0.05, 0.1) is 0 Å². The van der Waals surface area contributed by atoms with Crippen LogP contribution in [0.1, 0.15) is 17.3 Å². The van der Waals surface area contributed by atoms with Crippen LogP contribution < -0.4 is 0 Å². The third-order valence-electron chi connectivity index (χ3n) is 2.35. The molecule has 0 saturated carbocycles. The van der Waals surface area contributed by atoms with E-state index < -0.39 is 0 Å². The minimum Gasteiger partial charge on any atom is -0.294 e. The van der Waals surface area contributed by atoms with Gasteiger partial charge >= 0.3 is 0 Å². The van der Waals surface area contributed by atoms with Crippen molar-refractivity contribution in [2.45, 2.75) is 6.92 Å². The molecule has 0 atom stereocenters. The Morgan fingerprint density at radius 3 is 2.62 bits per heavy atom. The Morgan fingerprint density at radius 2 is 2.06 bits per heavy atom. The normalized spacial score (nSPS) is 10.4. The van der Waals surface area contributed by atoms with Gasteiger partial charge in [0.15, 0.2) is 10.4 Å². The molecule has 0 aliphatic carbocycles. The Balaban J connectivity index is 2.69. The van der Waals surface area contributed by atoms with Gasteiger partial charge in [-0.15, -0.1) is 5.10 Å². The Bertz CT molecular complexity index is 528. The summed E-state index contributed by atoms with van der Waals surface area (Å²) in [6.45, 7) is 1.55. The van der Waals surface area contributed by atoms with Crippen molar-refractivity contribution in [3.63, 3.8) is 0 Å². The summed E-state index contributed by atoms with van der Waals surface area (Å²) in [6, 6.07) is 7.43. The van der Waals surface area contributed by atoms with Crippen molar-refractivity contribution in [1.29, 1.82) is 0 Å². The molecule has 0 spiro atoms. The van der Waals surface area contributed by atoms with Crippen molar-refractivity contribution in [1.82, 2.24) is 15.0 Å². The van der Waals surface area contributed by atoms with Crippen LogP contribution in [0, 0.1) is 0 Å². The van der Waals surface area contributed by atoms with Gasteiger partial charge in [0.1, 0.15) is 5.69 Å². The first-order valence-corrected chi connectivity index (χ1v) is 5.56. The van der Waals surface area contributed by atoms with E-state index in [9.17, 15) is 4.79 Å². The number of aromatic nitrogens is 3. The van der Waals surface area contributed by atoms with E-state index in [-0.39, 0.29) is 5.78 Å². The van der Waals surface area contributed by atoms with Crippen molar-refractivity contribution < 1.29 is 4.79 Å². The highest BCUT2D eigenvalue weighted by Gasteiger charge is 2.15. The number of Topliss-reactive ketones (excluding diaryl/α,β-unsaturated/α-hetero) is 1. The molecule has 0 unspecified atom stereocenters. The van der Waals surface area contributed by atoms with Crippen LogP contribution in [-0.2, 0) is 7.05 Å². The molecular formula is C11H10BrN3O. The van der Waals surface area contributed by atoms with Gasteiger partial charge in [-0.05, 0) is 22.9 Å². The number of carbonyl (C=O) groups is 1. The summed E-state index contributed by atoms with van der Waals surface area (Å²) >= 11 is 3.33. The van der Waals surface area contributed by atoms with Gasteiger partial charge in [-0.3, -0.25) is 4.79 Å². The molecule has 0 fully saturated rings. The molecule has 4 nitrogen and oxygen atoms in total. The van der Waals surface area contributed by atoms with Crippen LogP contribution in [0.5, 0.6) is 0 Å². The molecule has 0 aliphatic rings. The van der Waals surface area contributed by atoms with Crippen molar-refractivity contribution in [3.05, 3.63) is 34.4 Å². The van der Waals surface area contributed by atoms with E-state index in [1.165, 1.54) is 0 Å². The number of hydrogen-bond acceptors (Lipinski definition) is 3. The molecule has 0 amide bonds. The molecule has 2 aromatic rings. The van der Waals surface area contributed by atoms with Crippen LogP contribution >= 0.6 is 15.9 Å². The summed E-state index contributed by atoms with van der Waals surface area (Å²) in [6.07, 6.45) is 0. The first-order chi connectivity index (χ1) is 7.61. The average molecular weight is 280 g/mol. The number of aryl methyl sites for hydroxylation is 1. The van der Waals surface area contributed by atoms with Crippen LogP contribution in [0.25, 0.3) is 11.3 Å². The lowest BCUT2D eigenvalue weighted by Crippen LogP contribution is -2.00. The second kappa shape index (κ2) is 4.17. The van der Waals surface area contributed by atoms with Crippen molar-refractivity contribution >= 4 is 21.7 Å². The van der Waals surface area contributed by atoms with Gasteiger partial charge < -0.3 is 0 Å². The van der Waals surface area contributed by atoms with Crippen LogP contribution in [0.3, 0.4) is 0 Å². The zero-order valence-corrected chi connectivity index (χ0v) is 10.5. The largest absolute Gasteiger partial charge is 0.294 e. The fourth-order valence-corrected chi connectivity index (χ4v) is 2.16. The van der Waals surface area contributed by atoms with Gasteiger partial charge in [-0.1, -0.05) is 29.5 Å². The lowest BCUT2D eigenvalue weighted by Gasteiger charge is -2.06. The second-order valence-corrected chi connectivity index (χ2v) is 4.21. The van der Waals surface area contributed by atoms with Crippen LogP contribution in [0.4, 0.5) is 0 Å². The standard InChI is InChI=1S/C11H10BrN3O/c1-7(16)8-5-3-4-6-9(8)10-11(12)13-14-15(10)2/h3-6H,1-2H3. The fourth-order valence-electron chi connectivity index (χ4n) is 1.61. The van der Waals surface area contributed by atoms with Gasteiger partial charge in [0.25, 0.3) is 0 Å². The Hall–Kier alpha value is -1.49. The number of hydrogen-bond donors (Lipinski definition) is 0.